The Morgan fingerprint density at radius 1 is 0.938 bits per heavy atom. The van der Waals surface area contributed by atoms with Crippen LogP contribution in [0, 0.1) is 0 Å². The van der Waals surface area contributed by atoms with Crippen LogP contribution in [0.5, 0.6) is 0 Å². The van der Waals surface area contributed by atoms with Gasteiger partial charge in [0, 0.05) is 28.9 Å². The summed E-state index contributed by atoms with van der Waals surface area (Å²) in [5.41, 5.74) is 5.04. The lowest BCUT2D eigenvalue weighted by atomic mass is 9.71. The van der Waals surface area contributed by atoms with E-state index in [-0.39, 0.29) is 18.9 Å². The summed E-state index contributed by atoms with van der Waals surface area (Å²) in [6, 6.07) is 24.1. The van der Waals surface area contributed by atoms with Gasteiger partial charge in [0.15, 0.2) is 0 Å². The van der Waals surface area contributed by atoms with E-state index in [1.807, 2.05) is 48.5 Å². The number of rotatable bonds is 5. The zero-order chi connectivity index (χ0) is 22.3. The van der Waals surface area contributed by atoms with Crippen LogP contribution in [0.25, 0.3) is 11.1 Å². The summed E-state index contributed by atoms with van der Waals surface area (Å²) in [4.78, 5) is 25.9. The Morgan fingerprint density at radius 2 is 1.50 bits per heavy atom. The first-order valence-electron chi connectivity index (χ1n) is 10.5. The number of amides is 1. The van der Waals surface area contributed by atoms with E-state index in [4.69, 9.17) is 4.74 Å². The summed E-state index contributed by atoms with van der Waals surface area (Å²) < 4.78 is 6.66. The molecule has 2 aliphatic rings. The largest absolute Gasteiger partial charge is 0.481 e. The maximum atomic E-state index is 12.8. The van der Waals surface area contributed by atoms with Gasteiger partial charge in [-0.15, -0.1) is 0 Å². The molecule has 6 heteroatoms. The zero-order valence-corrected chi connectivity index (χ0v) is 18.9. The molecule has 1 aliphatic carbocycles. The lowest BCUT2D eigenvalue weighted by Gasteiger charge is -2.49. The van der Waals surface area contributed by atoms with Crippen molar-refractivity contribution in [3.05, 3.63) is 94.0 Å². The predicted molar refractivity (Wildman–Crippen MR) is 125 cm³/mol. The minimum absolute atomic E-state index is 0.00266. The molecule has 1 aliphatic heterocycles. The van der Waals surface area contributed by atoms with Gasteiger partial charge < -0.3 is 14.7 Å². The van der Waals surface area contributed by atoms with E-state index in [2.05, 4.69) is 40.2 Å². The number of carbonyl (C=O) groups is 2. The maximum absolute atomic E-state index is 12.8. The molecule has 1 saturated heterocycles. The number of nitrogens with zero attached hydrogens (tertiary/aromatic N) is 1. The fourth-order valence-electron chi connectivity index (χ4n) is 4.99. The molecule has 1 amide bonds. The molecule has 162 valence electrons. The lowest BCUT2D eigenvalue weighted by molar-refractivity contribution is -0.140. The number of fused-ring (bicyclic) bond motifs is 3. The smallest absolute Gasteiger partial charge is 0.409 e. The number of likely N-dealkylation sites (tertiary alicyclic amines) is 1. The molecular weight excluding hydrogens is 470 g/mol. The van der Waals surface area contributed by atoms with Crippen LogP contribution >= 0.6 is 15.9 Å². The first-order valence-corrected chi connectivity index (χ1v) is 11.3. The van der Waals surface area contributed by atoms with Gasteiger partial charge in [-0.2, -0.15) is 0 Å². The summed E-state index contributed by atoms with van der Waals surface area (Å²) in [7, 11) is 0. The van der Waals surface area contributed by atoms with Crippen LogP contribution in [0.1, 0.15) is 29.0 Å². The molecule has 32 heavy (non-hydrogen) atoms. The SMILES string of the molecule is O=C(O)CC1(c2ccc(Br)cc2)CN(C(=O)OCC2c3ccccc3-c3ccccc32)C1. The van der Waals surface area contributed by atoms with Crippen molar-refractivity contribution in [3.8, 4) is 11.1 Å². The molecule has 0 aromatic heterocycles. The van der Waals surface area contributed by atoms with Gasteiger partial charge in [-0.25, -0.2) is 4.79 Å². The number of hydrogen-bond acceptors (Lipinski definition) is 3. The van der Waals surface area contributed by atoms with E-state index in [9.17, 15) is 14.7 Å². The fourth-order valence-corrected chi connectivity index (χ4v) is 5.25. The number of hydrogen-bond donors (Lipinski definition) is 1. The maximum Gasteiger partial charge on any atom is 0.409 e. The predicted octanol–water partition coefficient (Wildman–Crippen LogP) is 5.43. The van der Waals surface area contributed by atoms with Crippen molar-refractivity contribution >= 4 is 28.0 Å². The number of aliphatic carboxylic acids is 1. The van der Waals surface area contributed by atoms with Gasteiger partial charge in [-0.1, -0.05) is 76.6 Å². The van der Waals surface area contributed by atoms with Crippen LogP contribution in [0.15, 0.2) is 77.3 Å². The molecule has 1 fully saturated rings. The molecule has 3 aromatic carbocycles. The van der Waals surface area contributed by atoms with Crippen molar-refractivity contribution in [2.75, 3.05) is 19.7 Å². The second kappa shape index (κ2) is 8.10. The van der Waals surface area contributed by atoms with Crippen molar-refractivity contribution in [3.63, 3.8) is 0 Å². The Hall–Kier alpha value is -3.12. The van der Waals surface area contributed by atoms with Crippen LogP contribution in [-0.2, 0) is 14.9 Å². The first-order chi connectivity index (χ1) is 15.5. The summed E-state index contributed by atoms with van der Waals surface area (Å²) >= 11 is 3.41. The van der Waals surface area contributed by atoms with Crippen LogP contribution in [0.2, 0.25) is 0 Å². The monoisotopic (exact) mass is 491 g/mol. The summed E-state index contributed by atoms with van der Waals surface area (Å²) in [5, 5.41) is 9.44. The van der Waals surface area contributed by atoms with E-state index in [0.29, 0.717) is 13.1 Å². The van der Waals surface area contributed by atoms with Crippen molar-refractivity contribution in [1.82, 2.24) is 4.90 Å². The highest BCUT2D eigenvalue weighted by molar-refractivity contribution is 9.10. The van der Waals surface area contributed by atoms with E-state index in [0.717, 1.165) is 10.0 Å². The average Bonchev–Trinajstić information content (AvgIpc) is 3.08. The number of carboxylic acids is 1. The highest BCUT2D eigenvalue weighted by Crippen LogP contribution is 2.45. The number of carbonyl (C=O) groups excluding carboxylic acids is 1. The van der Waals surface area contributed by atoms with Crippen LogP contribution < -0.4 is 0 Å². The van der Waals surface area contributed by atoms with Crippen LogP contribution in [0.3, 0.4) is 0 Å². The van der Waals surface area contributed by atoms with E-state index in [1.54, 1.807) is 4.90 Å². The molecular formula is C26H22BrNO4. The molecule has 1 heterocycles. The molecule has 0 unspecified atom stereocenters. The topological polar surface area (TPSA) is 66.8 Å². The van der Waals surface area contributed by atoms with Crippen LogP contribution in [0.4, 0.5) is 4.79 Å². The minimum atomic E-state index is -0.875. The molecule has 0 bridgehead atoms. The standard InChI is InChI=1S/C26H22BrNO4/c27-18-11-9-17(10-12-18)26(13-24(29)30)15-28(16-26)25(31)32-14-23-21-7-3-1-5-19(21)20-6-2-4-8-22(20)23/h1-12,23H,13-16H2,(H,29,30). The molecule has 1 N–H and O–H groups in total. The third-order valence-electron chi connectivity index (χ3n) is 6.53. The molecule has 0 atom stereocenters. The first kappa shape index (κ1) is 20.8. The Kier molecular flexibility index (Phi) is 5.25. The normalized spacial score (nSPS) is 16.1. The molecule has 0 saturated carbocycles. The van der Waals surface area contributed by atoms with Crippen LogP contribution in [-0.4, -0.2) is 41.8 Å². The van der Waals surface area contributed by atoms with Gasteiger partial charge in [0.2, 0.25) is 0 Å². The van der Waals surface area contributed by atoms with E-state index >= 15 is 0 Å². The van der Waals surface area contributed by atoms with E-state index in [1.165, 1.54) is 22.3 Å². The lowest BCUT2D eigenvalue weighted by Crippen LogP contribution is -2.62. The zero-order valence-electron chi connectivity index (χ0n) is 17.3. The molecule has 3 aromatic rings. The average molecular weight is 492 g/mol. The number of carboxylic acid groups (broad SMARTS) is 1. The van der Waals surface area contributed by atoms with Gasteiger partial charge in [0.1, 0.15) is 6.61 Å². The van der Waals surface area contributed by atoms with Crippen molar-refractivity contribution in [2.24, 2.45) is 0 Å². The quantitative estimate of drug-likeness (QED) is 0.516. The van der Waals surface area contributed by atoms with Crippen molar-refractivity contribution in [2.45, 2.75) is 17.8 Å². The second-order valence-electron chi connectivity index (χ2n) is 8.52. The summed E-state index contributed by atoms with van der Waals surface area (Å²) in [6.07, 6.45) is -0.424. The Bertz CT molecular complexity index is 1140. The van der Waals surface area contributed by atoms with E-state index < -0.39 is 17.5 Å². The number of halogens is 1. The van der Waals surface area contributed by atoms with Crippen molar-refractivity contribution < 1.29 is 19.4 Å². The number of ether oxygens (including phenoxy) is 1. The molecule has 0 radical (unpaired) electrons. The summed E-state index contributed by atoms with van der Waals surface area (Å²) in [6.45, 7) is 0.919. The Labute approximate surface area is 194 Å². The van der Waals surface area contributed by atoms with Gasteiger partial charge in [0.25, 0.3) is 0 Å². The van der Waals surface area contributed by atoms with Gasteiger partial charge >= 0.3 is 12.1 Å². The third kappa shape index (κ3) is 3.58. The fraction of sp³-hybridized carbons (Fsp3) is 0.231. The highest BCUT2D eigenvalue weighted by Gasteiger charge is 2.48. The number of benzene rings is 3. The minimum Gasteiger partial charge on any atom is -0.481 e. The van der Waals surface area contributed by atoms with Crippen molar-refractivity contribution in [1.29, 1.82) is 0 Å². The molecule has 5 nitrogen and oxygen atoms in total. The van der Waals surface area contributed by atoms with Gasteiger partial charge in [0.05, 0.1) is 6.42 Å². The highest BCUT2D eigenvalue weighted by atomic mass is 79.9. The van der Waals surface area contributed by atoms with Gasteiger partial charge in [-0.3, -0.25) is 4.79 Å². The second-order valence-corrected chi connectivity index (χ2v) is 9.43. The molecule has 0 spiro atoms. The Balaban J connectivity index is 1.29. The summed E-state index contributed by atoms with van der Waals surface area (Å²) in [5.74, 6) is -0.872. The third-order valence-corrected chi connectivity index (χ3v) is 7.06. The molecule has 5 rings (SSSR count). The Morgan fingerprint density at radius 3 is 2.06 bits per heavy atom. The van der Waals surface area contributed by atoms with Gasteiger partial charge in [-0.05, 0) is 39.9 Å².